The van der Waals surface area contributed by atoms with Gasteiger partial charge in [-0.05, 0) is 26.0 Å². The van der Waals surface area contributed by atoms with Crippen LogP contribution in [-0.4, -0.2) is 40.0 Å². The Balaban J connectivity index is 1.59. The number of nitrogens with one attached hydrogen (secondary N) is 1. The molecular weight excluding hydrogens is 406 g/mol. The fraction of sp³-hybridized carbons (Fsp3) is 0.316. The van der Waals surface area contributed by atoms with Crippen molar-refractivity contribution in [1.82, 2.24) is 28.7 Å². The quantitative estimate of drug-likeness (QED) is 0.460. The van der Waals surface area contributed by atoms with Crippen molar-refractivity contribution in [3.05, 3.63) is 55.9 Å². The van der Waals surface area contributed by atoms with E-state index >= 15 is 0 Å². The highest BCUT2D eigenvalue weighted by Crippen LogP contribution is 2.23. The summed E-state index contributed by atoms with van der Waals surface area (Å²) in [6, 6.07) is 3.08. The number of rotatable bonds is 5. The highest BCUT2D eigenvalue weighted by molar-refractivity contribution is 7.09. The van der Waals surface area contributed by atoms with Gasteiger partial charge < -0.3 is 15.0 Å². The molecule has 0 saturated carbocycles. The summed E-state index contributed by atoms with van der Waals surface area (Å²) in [6.07, 6.45) is 2.08. The Bertz CT molecular complexity index is 1330. The van der Waals surface area contributed by atoms with Gasteiger partial charge in [-0.1, -0.05) is 0 Å². The van der Waals surface area contributed by atoms with Gasteiger partial charge in [-0.2, -0.15) is 0 Å². The van der Waals surface area contributed by atoms with Gasteiger partial charge in [0.1, 0.15) is 12.0 Å². The number of pyridine rings is 1. The Kier molecular flexibility index (Phi) is 5.00. The molecule has 2 N–H and O–H groups in total. The molecule has 0 bridgehead atoms. The van der Waals surface area contributed by atoms with Crippen LogP contribution in [0.2, 0.25) is 0 Å². The number of anilines is 1. The van der Waals surface area contributed by atoms with Gasteiger partial charge in [0, 0.05) is 31.2 Å². The van der Waals surface area contributed by atoms with E-state index in [0.29, 0.717) is 5.82 Å². The van der Waals surface area contributed by atoms with Crippen LogP contribution in [0.4, 0.5) is 5.82 Å². The van der Waals surface area contributed by atoms with E-state index in [1.54, 1.807) is 42.1 Å². The Morgan fingerprint density at radius 1 is 1.17 bits per heavy atom. The molecule has 4 aromatic heterocycles. The van der Waals surface area contributed by atoms with Crippen LogP contribution in [0.1, 0.15) is 18.0 Å². The van der Waals surface area contributed by atoms with E-state index < -0.39 is 23.5 Å². The molecule has 10 nitrogen and oxygen atoms in total. The Hall–Kier alpha value is -3.31. The smallest absolute Gasteiger partial charge is 0.332 e. The Morgan fingerprint density at radius 2 is 1.93 bits per heavy atom. The monoisotopic (exact) mass is 427 g/mol. The zero-order valence-electron chi connectivity index (χ0n) is 16.9. The van der Waals surface area contributed by atoms with Gasteiger partial charge >= 0.3 is 5.69 Å². The summed E-state index contributed by atoms with van der Waals surface area (Å²) in [5.41, 5.74) is 1.34. The van der Waals surface area contributed by atoms with Crippen LogP contribution in [0.5, 0.6) is 0 Å². The lowest BCUT2D eigenvalue weighted by Crippen LogP contribution is -2.38. The van der Waals surface area contributed by atoms with Crippen molar-refractivity contribution in [1.29, 1.82) is 0 Å². The number of aromatic nitrogens is 6. The molecule has 0 saturated heterocycles. The van der Waals surface area contributed by atoms with E-state index in [-0.39, 0.29) is 11.2 Å². The number of thiazole rings is 1. The predicted octanol–water partition coefficient (Wildman–Crippen LogP) is 1.25. The number of nitrogens with zero attached hydrogens (tertiary/aromatic N) is 6. The lowest BCUT2D eigenvalue weighted by molar-refractivity contribution is 0.148. The van der Waals surface area contributed by atoms with Gasteiger partial charge in [0.15, 0.2) is 11.2 Å². The molecule has 4 aromatic rings. The first-order valence-corrected chi connectivity index (χ1v) is 10.1. The summed E-state index contributed by atoms with van der Waals surface area (Å²) >= 11 is 1.57. The number of aliphatic hydroxyl groups excluding tert-OH is 1. The molecule has 2 atom stereocenters. The summed E-state index contributed by atoms with van der Waals surface area (Å²) < 4.78 is 3.88. The molecule has 0 spiro atoms. The summed E-state index contributed by atoms with van der Waals surface area (Å²) in [7, 11) is 2.96. The average Bonchev–Trinajstić information content (AvgIpc) is 3.37. The number of hydrogen-bond acceptors (Lipinski definition) is 8. The van der Waals surface area contributed by atoms with Gasteiger partial charge in [-0.3, -0.25) is 13.9 Å². The molecule has 0 radical (unpaired) electrons. The number of aliphatic hydroxyl groups is 1. The van der Waals surface area contributed by atoms with E-state index in [1.165, 1.54) is 17.9 Å². The van der Waals surface area contributed by atoms with E-state index in [2.05, 4.69) is 20.3 Å². The first-order valence-electron chi connectivity index (χ1n) is 9.23. The summed E-state index contributed by atoms with van der Waals surface area (Å²) in [4.78, 5) is 37.7. The molecular formula is C19H21N7O3S. The number of fused-ring (bicyclic) bond motifs is 1. The molecule has 156 valence electrons. The minimum absolute atomic E-state index is 0.246. The summed E-state index contributed by atoms with van der Waals surface area (Å²) in [5, 5.41) is 16.6. The largest absolute Gasteiger partial charge is 0.372 e. The third-order valence-electron chi connectivity index (χ3n) is 5.04. The van der Waals surface area contributed by atoms with Gasteiger partial charge in [0.05, 0.1) is 23.1 Å². The third kappa shape index (κ3) is 3.31. The minimum Gasteiger partial charge on any atom is -0.372 e. The second-order valence-corrected chi connectivity index (χ2v) is 8.11. The Labute approximate surface area is 175 Å². The van der Waals surface area contributed by atoms with Gasteiger partial charge in [-0.15, -0.1) is 11.3 Å². The molecule has 4 heterocycles. The van der Waals surface area contributed by atoms with E-state index in [1.807, 2.05) is 18.4 Å². The second kappa shape index (κ2) is 7.50. The topological polar surface area (TPSA) is 120 Å². The molecule has 0 aliphatic carbocycles. The number of imidazole rings is 1. The van der Waals surface area contributed by atoms with Crippen molar-refractivity contribution in [2.24, 2.45) is 14.1 Å². The van der Waals surface area contributed by atoms with Crippen LogP contribution in [0.15, 0.2) is 39.6 Å². The lowest BCUT2D eigenvalue weighted by atomic mass is 10.2. The Morgan fingerprint density at radius 3 is 2.57 bits per heavy atom. The fourth-order valence-electron chi connectivity index (χ4n) is 3.22. The van der Waals surface area contributed by atoms with Crippen LogP contribution in [-0.2, 0) is 14.1 Å². The third-order valence-corrected chi connectivity index (χ3v) is 5.82. The first-order chi connectivity index (χ1) is 14.3. The standard InChI is InChI=1S/C19H21N7O3S/c1-10(26-9-21-16-15(26)18(28)25(4)19(29)24(16)3)17(27)23-14-6-5-12(7-20-14)13-8-30-11(2)22-13/h5-10,17,27H,1-4H3,(H,20,23)/t10-,17?/m1/s1. The summed E-state index contributed by atoms with van der Waals surface area (Å²) in [6.45, 7) is 3.69. The highest BCUT2D eigenvalue weighted by Gasteiger charge is 2.22. The van der Waals surface area contributed by atoms with Gasteiger partial charge in [-0.25, -0.2) is 19.7 Å². The van der Waals surface area contributed by atoms with Gasteiger partial charge in [0.25, 0.3) is 5.56 Å². The van der Waals surface area contributed by atoms with E-state index in [4.69, 9.17) is 0 Å². The van der Waals surface area contributed by atoms with Crippen molar-refractivity contribution >= 4 is 28.3 Å². The van der Waals surface area contributed by atoms with Crippen LogP contribution < -0.4 is 16.6 Å². The maximum atomic E-state index is 12.6. The molecule has 4 rings (SSSR count). The van der Waals surface area contributed by atoms with Gasteiger partial charge in [0.2, 0.25) is 0 Å². The van der Waals surface area contributed by atoms with Crippen LogP contribution in [0.3, 0.4) is 0 Å². The van der Waals surface area contributed by atoms with Crippen molar-refractivity contribution in [2.45, 2.75) is 26.1 Å². The van der Waals surface area contributed by atoms with Crippen molar-refractivity contribution in [3.8, 4) is 11.3 Å². The van der Waals surface area contributed by atoms with Crippen LogP contribution in [0, 0.1) is 6.92 Å². The molecule has 0 aliphatic rings. The van der Waals surface area contributed by atoms with Crippen molar-refractivity contribution in [3.63, 3.8) is 0 Å². The molecule has 0 fully saturated rings. The maximum Gasteiger partial charge on any atom is 0.332 e. The molecule has 0 aliphatic heterocycles. The average molecular weight is 427 g/mol. The fourth-order valence-corrected chi connectivity index (χ4v) is 3.85. The molecule has 0 aromatic carbocycles. The normalized spacial score (nSPS) is 13.5. The molecule has 0 amide bonds. The summed E-state index contributed by atoms with van der Waals surface area (Å²) in [5.74, 6) is 0.481. The second-order valence-electron chi connectivity index (χ2n) is 7.04. The maximum absolute atomic E-state index is 12.6. The zero-order chi connectivity index (χ0) is 21.6. The zero-order valence-corrected chi connectivity index (χ0v) is 17.7. The molecule has 11 heteroatoms. The number of hydrogen-bond donors (Lipinski definition) is 2. The van der Waals surface area contributed by atoms with Crippen LogP contribution >= 0.6 is 11.3 Å². The highest BCUT2D eigenvalue weighted by atomic mass is 32.1. The van der Waals surface area contributed by atoms with Crippen LogP contribution in [0.25, 0.3) is 22.4 Å². The van der Waals surface area contributed by atoms with Crippen molar-refractivity contribution < 1.29 is 5.11 Å². The molecule has 30 heavy (non-hydrogen) atoms. The van der Waals surface area contributed by atoms with Crippen molar-refractivity contribution in [2.75, 3.05) is 5.32 Å². The van der Waals surface area contributed by atoms with E-state index in [9.17, 15) is 14.7 Å². The van der Waals surface area contributed by atoms with E-state index in [0.717, 1.165) is 20.8 Å². The minimum atomic E-state index is -1.05. The first kappa shape index (κ1) is 20.0. The SMILES string of the molecule is Cc1nc(-c2ccc(NC(O)[C@@H](C)n3cnc4c3c(=O)n(C)c(=O)n4C)nc2)cs1. The molecule has 1 unspecified atom stereocenters. The lowest BCUT2D eigenvalue weighted by Gasteiger charge is -2.22. The number of aryl methyl sites for hydroxylation is 2. The predicted molar refractivity (Wildman–Crippen MR) is 115 cm³/mol.